The standard InChI is InChI=1S/C30H41Br2ClN4O6S3/c31-25-18-28(44-29(25)33)46(42,43)36-15-11-22(12-16-36)6-4-5-21-9-13-35(14-10-21)30-26(32)17-24(19-34-30)45(40,41)37(20-27(38)39)23-7-2-1-3-8-23/h17-19,21-23H,1-16,20H2,(H,38,39). The van der Waals surface area contributed by atoms with Gasteiger partial charge in [0.05, 0.1) is 4.47 Å². The number of thiophene rings is 1. The highest BCUT2D eigenvalue weighted by atomic mass is 79.9. The molecule has 0 unspecified atom stereocenters. The highest BCUT2D eigenvalue weighted by Crippen LogP contribution is 2.38. The van der Waals surface area contributed by atoms with Gasteiger partial charge < -0.3 is 10.0 Å². The number of hydrogen-bond acceptors (Lipinski definition) is 8. The van der Waals surface area contributed by atoms with Crippen LogP contribution in [0.25, 0.3) is 0 Å². The van der Waals surface area contributed by atoms with Crippen LogP contribution in [-0.2, 0) is 24.8 Å². The fourth-order valence-corrected chi connectivity index (χ4v) is 13.3. The monoisotopic (exact) mass is 842 g/mol. The summed E-state index contributed by atoms with van der Waals surface area (Å²) < 4.78 is 57.8. The molecule has 1 aliphatic carbocycles. The zero-order chi connectivity index (χ0) is 33.1. The van der Waals surface area contributed by atoms with Crippen LogP contribution in [0.2, 0.25) is 4.34 Å². The molecule has 0 amide bonds. The van der Waals surface area contributed by atoms with Crippen molar-refractivity contribution in [2.45, 2.75) is 92.2 Å². The first kappa shape index (κ1) is 36.5. The van der Waals surface area contributed by atoms with Gasteiger partial charge in [0, 0.05) is 42.9 Å². The second-order valence-electron chi connectivity index (χ2n) is 12.6. The first-order chi connectivity index (χ1) is 21.9. The number of anilines is 1. The molecule has 0 bridgehead atoms. The molecular weight excluding hydrogens is 804 g/mol. The molecular formula is C30H41Br2ClN4O6S3. The predicted molar refractivity (Wildman–Crippen MR) is 188 cm³/mol. The Balaban J connectivity index is 1.08. The maximum atomic E-state index is 13.5. The summed E-state index contributed by atoms with van der Waals surface area (Å²) in [5, 5.41) is 9.45. The van der Waals surface area contributed by atoms with E-state index < -0.39 is 32.6 Å². The number of carbonyl (C=O) groups is 1. The van der Waals surface area contributed by atoms with E-state index in [2.05, 4.69) is 41.7 Å². The number of halogens is 3. The Morgan fingerprint density at radius 3 is 2.09 bits per heavy atom. The minimum atomic E-state index is -4.02. The van der Waals surface area contributed by atoms with Crippen molar-refractivity contribution in [1.82, 2.24) is 13.6 Å². The van der Waals surface area contributed by atoms with Crippen molar-refractivity contribution < 1.29 is 26.7 Å². The van der Waals surface area contributed by atoms with E-state index >= 15 is 0 Å². The molecule has 0 atom stereocenters. The Labute approximate surface area is 298 Å². The van der Waals surface area contributed by atoms with Crippen LogP contribution >= 0.6 is 54.8 Å². The van der Waals surface area contributed by atoms with Crippen molar-refractivity contribution in [2.24, 2.45) is 11.8 Å². The van der Waals surface area contributed by atoms with E-state index in [9.17, 15) is 26.7 Å². The molecule has 46 heavy (non-hydrogen) atoms. The maximum absolute atomic E-state index is 13.5. The molecule has 3 fully saturated rings. The number of sulfonamides is 2. The summed E-state index contributed by atoms with van der Waals surface area (Å²) in [6.45, 7) is 2.19. The van der Waals surface area contributed by atoms with Gasteiger partial charge in [-0.3, -0.25) is 4.79 Å². The molecule has 0 radical (unpaired) electrons. The Morgan fingerprint density at radius 1 is 0.935 bits per heavy atom. The summed E-state index contributed by atoms with van der Waals surface area (Å²) in [7, 11) is -7.52. The van der Waals surface area contributed by atoms with Gasteiger partial charge in [0.15, 0.2) is 0 Å². The molecule has 4 heterocycles. The van der Waals surface area contributed by atoms with Gasteiger partial charge in [-0.2, -0.15) is 8.61 Å². The van der Waals surface area contributed by atoms with Crippen LogP contribution in [0.5, 0.6) is 0 Å². The van der Waals surface area contributed by atoms with Crippen molar-refractivity contribution >= 4 is 86.6 Å². The highest BCUT2D eigenvalue weighted by Gasteiger charge is 2.35. The zero-order valence-electron chi connectivity index (χ0n) is 25.6. The summed E-state index contributed by atoms with van der Waals surface area (Å²) in [6, 6.07) is 2.84. The predicted octanol–water partition coefficient (Wildman–Crippen LogP) is 7.22. The van der Waals surface area contributed by atoms with Crippen molar-refractivity contribution in [3.63, 3.8) is 0 Å². The third kappa shape index (κ3) is 8.67. The maximum Gasteiger partial charge on any atom is 0.318 e. The second kappa shape index (κ2) is 15.8. The van der Waals surface area contributed by atoms with Crippen LogP contribution in [0.4, 0.5) is 5.82 Å². The van der Waals surface area contributed by atoms with Gasteiger partial charge in [0.2, 0.25) is 10.0 Å². The number of hydrogen-bond donors (Lipinski definition) is 1. The molecule has 3 aliphatic rings. The lowest BCUT2D eigenvalue weighted by molar-refractivity contribution is -0.137. The van der Waals surface area contributed by atoms with E-state index in [0.29, 0.717) is 56.9 Å². The number of aromatic nitrogens is 1. The van der Waals surface area contributed by atoms with Crippen LogP contribution in [0.15, 0.2) is 36.4 Å². The Morgan fingerprint density at radius 2 is 1.54 bits per heavy atom. The highest BCUT2D eigenvalue weighted by molar-refractivity contribution is 9.11. The molecule has 2 aromatic rings. The normalized spacial score (nSPS) is 20.0. The topological polar surface area (TPSA) is 128 Å². The lowest BCUT2D eigenvalue weighted by atomic mass is 9.87. The van der Waals surface area contributed by atoms with E-state index in [-0.39, 0.29) is 15.1 Å². The van der Waals surface area contributed by atoms with Crippen LogP contribution in [0.1, 0.15) is 77.0 Å². The van der Waals surface area contributed by atoms with Gasteiger partial charge in [-0.05, 0) is 94.4 Å². The molecule has 2 aromatic heterocycles. The van der Waals surface area contributed by atoms with Gasteiger partial charge >= 0.3 is 5.97 Å². The first-order valence-corrected chi connectivity index (χ1v) is 21.6. The number of carboxylic acid groups (broad SMARTS) is 1. The molecule has 2 aliphatic heterocycles. The van der Waals surface area contributed by atoms with Gasteiger partial charge in [0.25, 0.3) is 10.0 Å². The van der Waals surface area contributed by atoms with Crippen LogP contribution in [-0.4, -0.2) is 80.3 Å². The summed E-state index contributed by atoms with van der Waals surface area (Å²) in [4.78, 5) is 18.3. The minimum Gasteiger partial charge on any atom is -0.480 e. The molecule has 16 heteroatoms. The largest absolute Gasteiger partial charge is 0.480 e. The van der Waals surface area contributed by atoms with E-state index in [1.807, 2.05) is 0 Å². The van der Waals surface area contributed by atoms with E-state index in [0.717, 1.165) is 92.9 Å². The smallest absolute Gasteiger partial charge is 0.318 e. The SMILES string of the molecule is O=C(O)CN(C1CCCCC1)S(=O)(=O)c1cnc(N2CCC(CCCC3CCN(S(=O)(=O)c4cc(Br)c(Cl)s4)CC3)CC2)c(Br)c1. The fourth-order valence-electron chi connectivity index (χ4n) is 6.98. The minimum absolute atomic E-state index is 0.0113. The summed E-state index contributed by atoms with van der Waals surface area (Å²) >= 11 is 14.0. The average molecular weight is 845 g/mol. The number of aliphatic carboxylic acids is 1. The van der Waals surface area contributed by atoms with Crippen LogP contribution in [0, 0.1) is 11.8 Å². The van der Waals surface area contributed by atoms with Gasteiger partial charge in [-0.15, -0.1) is 11.3 Å². The third-order valence-electron chi connectivity index (χ3n) is 9.61. The van der Waals surface area contributed by atoms with Crippen molar-refractivity contribution in [1.29, 1.82) is 0 Å². The van der Waals surface area contributed by atoms with Crippen molar-refractivity contribution in [3.05, 3.63) is 31.6 Å². The molecule has 2 saturated heterocycles. The van der Waals surface area contributed by atoms with E-state index in [4.69, 9.17) is 11.6 Å². The molecule has 1 saturated carbocycles. The first-order valence-electron chi connectivity index (χ1n) is 16.0. The number of piperidine rings is 2. The number of nitrogens with zero attached hydrogens (tertiary/aromatic N) is 4. The van der Waals surface area contributed by atoms with Crippen molar-refractivity contribution in [2.75, 3.05) is 37.6 Å². The number of pyridine rings is 1. The zero-order valence-corrected chi connectivity index (χ0v) is 32.0. The number of carboxylic acids is 1. The molecule has 0 spiro atoms. The Bertz CT molecular complexity index is 1570. The van der Waals surface area contributed by atoms with Crippen LogP contribution in [0.3, 0.4) is 0 Å². The Kier molecular flexibility index (Phi) is 12.5. The molecule has 5 rings (SSSR count). The summed E-state index contributed by atoms with van der Waals surface area (Å²) in [5.41, 5.74) is 0. The fraction of sp³-hybridized carbons (Fsp3) is 0.667. The van der Waals surface area contributed by atoms with Gasteiger partial charge in [-0.1, -0.05) is 50.1 Å². The van der Waals surface area contributed by atoms with Crippen molar-refractivity contribution in [3.8, 4) is 0 Å². The number of rotatable bonds is 12. The summed E-state index contributed by atoms with van der Waals surface area (Å²) in [5.74, 6) is 0.687. The Hall–Kier alpha value is -0.810. The third-order valence-corrected chi connectivity index (χ3v) is 16.9. The quantitative estimate of drug-likeness (QED) is 0.238. The lowest BCUT2D eigenvalue weighted by Crippen LogP contribution is -2.44. The van der Waals surface area contributed by atoms with E-state index in [1.54, 1.807) is 16.4 Å². The van der Waals surface area contributed by atoms with Gasteiger partial charge in [-0.25, -0.2) is 21.8 Å². The molecule has 256 valence electrons. The second-order valence-corrected chi connectivity index (χ2v) is 20.0. The summed E-state index contributed by atoms with van der Waals surface area (Å²) in [6.07, 6.45) is 12.7. The van der Waals surface area contributed by atoms with E-state index in [1.165, 1.54) is 6.20 Å². The molecule has 0 aromatic carbocycles. The average Bonchev–Trinajstić information content (AvgIpc) is 3.39. The van der Waals surface area contributed by atoms with Gasteiger partial charge in [0.1, 0.15) is 25.8 Å². The lowest BCUT2D eigenvalue weighted by Gasteiger charge is -2.34. The molecule has 1 N–H and O–H groups in total. The van der Waals surface area contributed by atoms with Crippen LogP contribution < -0.4 is 4.90 Å². The molecule has 10 nitrogen and oxygen atoms in total.